The first-order valence-corrected chi connectivity index (χ1v) is 4.31. The average molecular weight is 210 g/mol. The molecular weight excluding hydrogens is 203 g/mol. The fourth-order valence-corrected chi connectivity index (χ4v) is 0.785. The van der Waals surface area contributed by atoms with Crippen molar-refractivity contribution in [3.8, 4) is 0 Å². The molecular formula is C4H7IN2. The molecule has 7 heavy (non-hydrogen) atoms. The Morgan fingerprint density at radius 2 is 2.43 bits per heavy atom. The molecule has 0 rings (SSSR count). The van der Waals surface area contributed by atoms with Gasteiger partial charge >= 0.3 is 0 Å². The Kier molecular flexibility index (Phi) is 5.89. The van der Waals surface area contributed by atoms with Crippen LogP contribution in [0.1, 0.15) is 6.92 Å². The summed E-state index contributed by atoms with van der Waals surface area (Å²) >= 11 is 0.0536. The summed E-state index contributed by atoms with van der Waals surface area (Å²) in [4.78, 5) is 3.60. The van der Waals surface area contributed by atoms with Crippen molar-refractivity contribution in [3.63, 3.8) is 0 Å². The molecule has 0 aliphatic rings. The number of halogens is 1. The van der Waals surface area contributed by atoms with Gasteiger partial charge in [-0.1, -0.05) is 24.7 Å². The van der Waals surface area contributed by atoms with E-state index in [-0.39, 0.29) is 20.7 Å². The topological polar surface area (TPSA) is 36.2 Å². The Balaban J connectivity index is 3.27. The maximum Gasteiger partial charge on any atom is 0.107 e. The number of nitrogens with one attached hydrogen (secondary N) is 1. The van der Waals surface area contributed by atoms with Crippen molar-refractivity contribution in [2.75, 3.05) is 0 Å². The SMILES string of the molecule is CC=IC=NC=N. The number of hydrogen-bond acceptors (Lipinski definition) is 1. The molecule has 0 aromatic carbocycles. The van der Waals surface area contributed by atoms with E-state index in [1.807, 2.05) is 6.92 Å². The highest BCUT2D eigenvalue weighted by molar-refractivity contribution is 14.2. The van der Waals surface area contributed by atoms with Gasteiger partial charge in [0.25, 0.3) is 0 Å². The van der Waals surface area contributed by atoms with Gasteiger partial charge in [-0.25, -0.2) is 4.99 Å². The van der Waals surface area contributed by atoms with E-state index in [1.165, 1.54) is 0 Å². The molecule has 0 saturated heterocycles. The van der Waals surface area contributed by atoms with Gasteiger partial charge in [0.1, 0.15) is 6.34 Å². The van der Waals surface area contributed by atoms with Gasteiger partial charge in [-0.3, -0.25) is 5.41 Å². The lowest BCUT2D eigenvalue weighted by molar-refractivity contribution is 1.53. The molecule has 0 bridgehead atoms. The van der Waals surface area contributed by atoms with Crippen LogP contribution in [-0.4, -0.2) is 14.6 Å². The second kappa shape index (κ2) is 5.94. The number of aliphatic imine (C=N–C) groups is 1. The lowest BCUT2D eigenvalue weighted by atomic mass is 11.0. The molecule has 0 aromatic rings. The molecule has 1 N–H and O–H groups in total. The normalized spacial score (nSPS) is 12.1. The minimum Gasteiger partial charge on any atom is -0.290 e. The summed E-state index contributed by atoms with van der Waals surface area (Å²) in [5, 5.41) is 6.46. The summed E-state index contributed by atoms with van der Waals surface area (Å²) < 4.78 is 3.89. The van der Waals surface area contributed by atoms with Gasteiger partial charge < -0.3 is 0 Å². The van der Waals surface area contributed by atoms with Crippen LogP contribution in [0.2, 0.25) is 0 Å². The van der Waals surface area contributed by atoms with Gasteiger partial charge in [-0.05, 0) is 6.92 Å². The van der Waals surface area contributed by atoms with Gasteiger partial charge in [0.2, 0.25) is 0 Å². The zero-order valence-corrected chi connectivity index (χ0v) is 6.21. The fraction of sp³-hybridized carbons (Fsp3) is 0.250. The second-order valence-electron chi connectivity index (χ2n) is 0.720. The minimum atomic E-state index is 0.0536. The third-order valence-electron chi connectivity index (χ3n) is 0.313. The number of nitrogens with zero attached hydrogens (tertiary/aromatic N) is 1. The van der Waals surface area contributed by atoms with E-state index in [0.717, 1.165) is 6.34 Å². The van der Waals surface area contributed by atoms with E-state index < -0.39 is 0 Å². The van der Waals surface area contributed by atoms with Gasteiger partial charge in [0.15, 0.2) is 0 Å². The predicted molar refractivity (Wildman–Crippen MR) is 43.0 cm³/mol. The zero-order valence-electron chi connectivity index (χ0n) is 4.06. The van der Waals surface area contributed by atoms with Crippen LogP contribution in [0.5, 0.6) is 0 Å². The lowest BCUT2D eigenvalue weighted by Gasteiger charge is -1.64. The van der Waals surface area contributed by atoms with Crippen molar-refractivity contribution in [1.82, 2.24) is 0 Å². The number of hydrogen-bond donors (Lipinski definition) is 1. The summed E-state index contributed by atoms with van der Waals surface area (Å²) in [5.74, 6) is 0. The van der Waals surface area contributed by atoms with E-state index >= 15 is 0 Å². The first-order chi connectivity index (χ1) is 3.41. The molecule has 0 aliphatic heterocycles. The summed E-state index contributed by atoms with van der Waals surface area (Å²) in [7, 11) is 0. The molecule has 0 radical (unpaired) electrons. The maximum atomic E-state index is 6.46. The highest BCUT2D eigenvalue weighted by atomic mass is 127. The summed E-state index contributed by atoms with van der Waals surface area (Å²) in [5.41, 5.74) is 0. The van der Waals surface area contributed by atoms with Gasteiger partial charge in [0.05, 0.1) is 4.22 Å². The molecule has 0 atom stereocenters. The largest absolute Gasteiger partial charge is 0.290 e. The van der Waals surface area contributed by atoms with Crippen LogP contribution in [0.15, 0.2) is 4.99 Å². The monoisotopic (exact) mass is 210 g/mol. The summed E-state index contributed by atoms with van der Waals surface area (Å²) in [6.45, 7) is 2.00. The maximum absolute atomic E-state index is 6.46. The van der Waals surface area contributed by atoms with E-state index in [0.29, 0.717) is 0 Å². The standard InChI is InChI=1S/C4H7IN2/c1-2-5-3-7-4-6/h2-4,6H,1H3. The Bertz CT molecular complexity index is 95.9. The first kappa shape index (κ1) is 6.94. The third-order valence-corrected chi connectivity index (χ3v) is 1.68. The van der Waals surface area contributed by atoms with Crippen molar-refractivity contribution in [2.45, 2.75) is 6.92 Å². The van der Waals surface area contributed by atoms with E-state index in [2.05, 4.69) is 9.00 Å². The van der Waals surface area contributed by atoms with Crippen LogP contribution in [0.4, 0.5) is 0 Å². The lowest BCUT2D eigenvalue weighted by Crippen LogP contribution is -1.56. The van der Waals surface area contributed by atoms with Gasteiger partial charge in [-0.2, -0.15) is 0 Å². The Morgan fingerprint density at radius 1 is 1.71 bits per heavy atom. The van der Waals surface area contributed by atoms with Crippen molar-refractivity contribution < 1.29 is 0 Å². The van der Waals surface area contributed by atoms with Crippen molar-refractivity contribution in [3.05, 3.63) is 0 Å². The molecule has 0 unspecified atom stereocenters. The predicted octanol–water partition coefficient (Wildman–Crippen LogP) is 1.41. The quantitative estimate of drug-likeness (QED) is 0.406. The number of rotatable bonds is 2. The molecule has 40 valence electrons. The Labute approximate surface area is 52.9 Å². The molecule has 0 heterocycles. The molecule has 0 amide bonds. The highest BCUT2D eigenvalue weighted by Gasteiger charge is 1.54. The molecule has 0 saturated carbocycles. The first-order valence-electron chi connectivity index (χ1n) is 1.82. The van der Waals surface area contributed by atoms with Crippen molar-refractivity contribution in [2.24, 2.45) is 4.99 Å². The third kappa shape index (κ3) is 5.94. The van der Waals surface area contributed by atoms with Crippen molar-refractivity contribution in [1.29, 1.82) is 5.41 Å². The molecule has 0 spiro atoms. The molecule has 2 nitrogen and oxygen atoms in total. The van der Waals surface area contributed by atoms with Gasteiger partial charge in [0, 0.05) is 0 Å². The van der Waals surface area contributed by atoms with Crippen LogP contribution in [0.3, 0.4) is 0 Å². The Hall–Kier alpha value is -0.0600. The molecule has 3 heteroatoms. The summed E-state index contributed by atoms with van der Waals surface area (Å²) in [6.07, 6.45) is 1.06. The van der Waals surface area contributed by atoms with Gasteiger partial charge in [-0.15, -0.1) is 0 Å². The van der Waals surface area contributed by atoms with Crippen LogP contribution >= 0.6 is 20.7 Å². The van der Waals surface area contributed by atoms with Crippen molar-refractivity contribution >= 4 is 35.3 Å². The van der Waals surface area contributed by atoms with Crippen LogP contribution in [-0.2, 0) is 0 Å². The highest BCUT2D eigenvalue weighted by Crippen LogP contribution is 1.83. The zero-order chi connectivity index (χ0) is 5.54. The van der Waals surface area contributed by atoms with E-state index in [4.69, 9.17) is 5.41 Å². The second-order valence-corrected chi connectivity index (χ2v) is 3.24. The van der Waals surface area contributed by atoms with E-state index in [9.17, 15) is 0 Å². The smallest absolute Gasteiger partial charge is 0.107 e. The summed E-state index contributed by atoms with van der Waals surface area (Å²) in [6, 6.07) is 0. The molecule has 0 aromatic heterocycles. The molecule has 0 aliphatic carbocycles. The Morgan fingerprint density at radius 3 is 2.86 bits per heavy atom. The van der Waals surface area contributed by atoms with Crippen LogP contribution < -0.4 is 0 Å². The minimum absolute atomic E-state index is 0.0536. The van der Waals surface area contributed by atoms with Crippen LogP contribution in [0.25, 0.3) is 0 Å². The van der Waals surface area contributed by atoms with E-state index in [1.54, 1.807) is 4.22 Å². The molecule has 0 fully saturated rings. The fourth-order valence-electron chi connectivity index (χ4n) is 0.117. The average Bonchev–Trinajstić information content (AvgIpc) is 1.69. The van der Waals surface area contributed by atoms with Crippen LogP contribution in [0, 0.1) is 5.41 Å².